The molecule has 0 saturated heterocycles. The molecule has 1 atom stereocenters. The Labute approximate surface area is 142 Å². The molecule has 0 aliphatic carbocycles. The van der Waals surface area contributed by atoms with Crippen LogP contribution in [0.3, 0.4) is 0 Å². The van der Waals surface area contributed by atoms with E-state index in [0.29, 0.717) is 0 Å². The van der Waals surface area contributed by atoms with Gasteiger partial charge in [0.15, 0.2) is 0 Å². The molecule has 1 unspecified atom stereocenters. The van der Waals surface area contributed by atoms with Crippen LogP contribution in [0.5, 0.6) is 0 Å². The van der Waals surface area contributed by atoms with Gasteiger partial charge in [0, 0.05) is 6.42 Å². The molecule has 122 valence electrons. The maximum Gasteiger partial charge on any atom is 0.209 e. The lowest BCUT2D eigenvalue weighted by Gasteiger charge is -2.23. The van der Waals surface area contributed by atoms with E-state index in [2.05, 4.69) is 49.3 Å². The maximum atomic E-state index is 7.83. The van der Waals surface area contributed by atoms with Crippen LogP contribution in [0.2, 0.25) is 0 Å². The van der Waals surface area contributed by atoms with E-state index in [1.54, 1.807) is 5.01 Å². The molecule has 0 aromatic heterocycles. The molecule has 4 nitrogen and oxygen atoms in total. The predicted molar refractivity (Wildman–Crippen MR) is 99.9 cm³/mol. The van der Waals surface area contributed by atoms with Crippen LogP contribution in [0.15, 0.2) is 59.7 Å². The van der Waals surface area contributed by atoms with Crippen LogP contribution in [-0.4, -0.2) is 16.7 Å². The Balaban J connectivity index is 1.86. The van der Waals surface area contributed by atoms with E-state index in [4.69, 9.17) is 11.1 Å². The lowest BCUT2D eigenvalue weighted by Crippen LogP contribution is -2.32. The molecule has 3 N–H and O–H groups in total. The van der Waals surface area contributed by atoms with Gasteiger partial charge in [0.25, 0.3) is 0 Å². The standard InChI is InChI=1S/C20H22N4/c1-14-7-3-5-9-16(14)11-12-17-13-19(24(23-17)20(21)22)18-10-6-4-8-15(18)2/h3-12,19H,13H2,1-2H3,(H3,21,22)/b12-11+. The number of aryl methyl sites for hydroxylation is 2. The second kappa shape index (κ2) is 6.71. The Morgan fingerprint density at radius 1 is 1.08 bits per heavy atom. The van der Waals surface area contributed by atoms with E-state index in [-0.39, 0.29) is 12.0 Å². The normalized spacial score (nSPS) is 17.3. The van der Waals surface area contributed by atoms with Crippen molar-refractivity contribution >= 4 is 17.7 Å². The van der Waals surface area contributed by atoms with Crippen molar-refractivity contribution in [2.75, 3.05) is 0 Å². The molecule has 3 rings (SSSR count). The zero-order valence-electron chi connectivity index (χ0n) is 14.0. The minimum Gasteiger partial charge on any atom is -0.369 e. The largest absolute Gasteiger partial charge is 0.369 e. The van der Waals surface area contributed by atoms with Gasteiger partial charge in [-0.2, -0.15) is 5.10 Å². The molecule has 24 heavy (non-hydrogen) atoms. The summed E-state index contributed by atoms with van der Waals surface area (Å²) in [4.78, 5) is 0. The lowest BCUT2D eigenvalue weighted by molar-refractivity contribution is 0.362. The zero-order chi connectivity index (χ0) is 17.1. The quantitative estimate of drug-likeness (QED) is 0.663. The highest BCUT2D eigenvalue weighted by molar-refractivity contribution is 6.01. The number of hydrogen-bond donors (Lipinski definition) is 2. The van der Waals surface area contributed by atoms with Gasteiger partial charge in [-0.15, -0.1) is 0 Å². The van der Waals surface area contributed by atoms with Crippen molar-refractivity contribution < 1.29 is 0 Å². The molecule has 0 radical (unpaired) electrons. The third-order valence-electron chi connectivity index (χ3n) is 4.37. The number of nitrogens with zero attached hydrogens (tertiary/aromatic N) is 2. The number of nitrogens with two attached hydrogens (primary N) is 1. The molecule has 0 saturated carbocycles. The molecule has 0 amide bonds. The molecular weight excluding hydrogens is 296 g/mol. The highest BCUT2D eigenvalue weighted by atomic mass is 15.5. The molecule has 1 aliphatic heterocycles. The average Bonchev–Trinajstić information content (AvgIpc) is 2.99. The van der Waals surface area contributed by atoms with Crippen LogP contribution < -0.4 is 5.73 Å². The van der Waals surface area contributed by atoms with Gasteiger partial charge in [0.05, 0.1) is 11.8 Å². The molecule has 2 aromatic carbocycles. The van der Waals surface area contributed by atoms with Crippen molar-refractivity contribution in [2.24, 2.45) is 10.8 Å². The van der Waals surface area contributed by atoms with E-state index in [1.165, 1.54) is 16.7 Å². The highest BCUT2D eigenvalue weighted by Crippen LogP contribution is 2.32. The first-order chi connectivity index (χ1) is 11.6. The van der Waals surface area contributed by atoms with Crippen molar-refractivity contribution in [1.29, 1.82) is 5.41 Å². The first kappa shape index (κ1) is 16.0. The number of hydrogen-bond acceptors (Lipinski definition) is 2. The van der Waals surface area contributed by atoms with Gasteiger partial charge in [-0.25, -0.2) is 5.01 Å². The van der Waals surface area contributed by atoms with Crippen LogP contribution in [0.4, 0.5) is 0 Å². The third-order valence-corrected chi connectivity index (χ3v) is 4.37. The van der Waals surface area contributed by atoms with Crippen molar-refractivity contribution in [2.45, 2.75) is 26.3 Å². The average molecular weight is 318 g/mol. The maximum absolute atomic E-state index is 7.83. The molecule has 0 fully saturated rings. The topological polar surface area (TPSA) is 65.5 Å². The van der Waals surface area contributed by atoms with E-state index in [9.17, 15) is 0 Å². The fraction of sp³-hybridized carbons (Fsp3) is 0.200. The van der Waals surface area contributed by atoms with Crippen LogP contribution in [0.1, 0.15) is 34.7 Å². The van der Waals surface area contributed by atoms with Gasteiger partial charge < -0.3 is 5.73 Å². The second-order valence-electron chi connectivity index (χ2n) is 6.09. The van der Waals surface area contributed by atoms with Crippen LogP contribution in [0, 0.1) is 19.3 Å². The number of nitrogens with one attached hydrogen (secondary N) is 1. The van der Waals surface area contributed by atoms with Crippen LogP contribution in [0.25, 0.3) is 6.08 Å². The molecule has 1 heterocycles. The molecule has 0 bridgehead atoms. The highest BCUT2D eigenvalue weighted by Gasteiger charge is 2.29. The van der Waals surface area contributed by atoms with Gasteiger partial charge in [-0.05, 0) is 42.2 Å². The first-order valence-electron chi connectivity index (χ1n) is 8.06. The number of allylic oxidation sites excluding steroid dienone is 1. The summed E-state index contributed by atoms with van der Waals surface area (Å²) in [5.74, 6) is -0.0254. The van der Waals surface area contributed by atoms with Crippen molar-refractivity contribution in [3.8, 4) is 0 Å². The van der Waals surface area contributed by atoms with Crippen LogP contribution >= 0.6 is 0 Å². The van der Waals surface area contributed by atoms with Gasteiger partial charge in [0.2, 0.25) is 5.96 Å². The lowest BCUT2D eigenvalue weighted by atomic mass is 9.97. The Hall–Kier alpha value is -2.88. The molecule has 1 aliphatic rings. The summed E-state index contributed by atoms with van der Waals surface area (Å²) in [7, 11) is 0. The van der Waals surface area contributed by atoms with E-state index >= 15 is 0 Å². The van der Waals surface area contributed by atoms with Crippen molar-refractivity contribution in [3.63, 3.8) is 0 Å². The fourth-order valence-electron chi connectivity index (χ4n) is 3.02. The number of guanidine groups is 1. The summed E-state index contributed by atoms with van der Waals surface area (Å²) in [5.41, 5.74) is 11.4. The molecule has 0 spiro atoms. The SMILES string of the molecule is Cc1ccccc1/C=C/C1=NN(C(=N)N)C(c2ccccc2C)C1. The van der Waals surface area contributed by atoms with E-state index in [0.717, 1.165) is 17.7 Å². The minimum absolute atomic E-state index is 0.0137. The molecular formula is C20H22N4. The monoisotopic (exact) mass is 318 g/mol. The Kier molecular flexibility index (Phi) is 4.47. The summed E-state index contributed by atoms with van der Waals surface area (Å²) < 4.78 is 0. The molecule has 4 heteroatoms. The predicted octanol–water partition coefficient (Wildman–Crippen LogP) is 4.01. The summed E-state index contributed by atoms with van der Waals surface area (Å²) in [6.07, 6.45) is 4.84. The van der Waals surface area contributed by atoms with E-state index in [1.807, 2.05) is 30.3 Å². The second-order valence-corrected chi connectivity index (χ2v) is 6.09. The number of hydrazone groups is 1. The van der Waals surface area contributed by atoms with Gasteiger partial charge >= 0.3 is 0 Å². The Bertz CT molecular complexity index is 820. The first-order valence-corrected chi connectivity index (χ1v) is 8.06. The van der Waals surface area contributed by atoms with Crippen molar-refractivity contribution in [3.05, 3.63) is 76.9 Å². The van der Waals surface area contributed by atoms with Gasteiger partial charge in [0.1, 0.15) is 0 Å². The van der Waals surface area contributed by atoms with Crippen LogP contribution in [-0.2, 0) is 0 Å². The van der Waals surface area contributed by atoms with Crippen molar-refractivity contribution in [1.82, 2.24) is 5.01 Å². The number of benzene rings is 2. The summed E-state index contributed by atoms with van der Waals surface area (Å²) >= 11 is 0. The Morgan fingerprint density at radius 2 is 1.75 bits per heavy atom. The van der Waals surface area contributed by atoms with E-state index < -0.39 is 0 Å². The van der Waals surface area contributed by atoms with Gasteiger partial charge in [-0.1, -0.05) is 54.6 Å². The fourth-order valence-corrected chi connectivity index (χ4v) is 3.02. The smallest absolute Gasteiger partial charge is 0.209 e. The third kappa shape index (κ3) is 3.23. The molecule has 2 aromatic rings. The summed E-state index contributed by atoms with van der Waals surface area (Å²) in [5, 5.41) is 14.0. The minimum atomic E-state index is -0.0254. The number of rotatable bonds is 3. The summed E-state index contributed by atoms with van der Waals surface area (Å²) in [6, 6.07) is 16.4. The Morgan fingerprint density at radius 3 is 2.42 bits per heavy atom. The van der Waals surface area contributed by atoms with Gasteiger partial charge in [-0.3, -0.25) is 5.41 Å². The summed E-state index contributed by atoms with van der Waals surface area (Å²) in [6.45, 7) is 4.17. The zero-order valence-corrected chi connectivity index (χ0v) is 14.0.